The van der Waals surface area contributed by atoms with E-state index in [1.54, 1.807) is 7.05 Å². The molecular weight excluding hydrogens is 232 g/mol. The fourth-order valence-electron chi connectivity index (χ4n) is 1.02. The van der Waals surface area contributed by atoms with E-state index in [1.165, 1.54) is 10.4 Å². The number of aromatic nitrogens is 4. The quantitative estimate of drug-likeness (QED) is 0.596. The van der Waals surface area contributed by atoms with Gasteiger partial charge in [0.15, 0.2) is 5.82 Å². The minimum Gasteiger partial charge on any atom is -0.167 e. The summed E-state index contributed by atoms with van der Waals surface area (Å²) in [7, 11) is 1.77. The van der Waals surface area contributed by atoms with E-state index in [-0.39, 0.29) is 0 Å². The first-order valence-corrected chi connectivity index (χ1v) is 5.29. The summed E-state index contributed by atoms with van der Waals surface area (Å²) in [6, 6.07) is 0. The van der Waals surface area contributed by atoms with Crippen molar-refractivity contribution < 1.29 is 0 Å². The van der Waals surface area contributed by atoms with Crippen molar-refractivity contribution in [3.8, 4) is 0 Å². The van der Waals surface area contributed by atoms with Gasteiger partial charge in [0.1, 0.15) is 0 Å². The Morgan fingerprint density at radius 3 is 2.92 bits per heavy atom. The van der Waals surface area contributed by atoms with Crippen molar-refractivity contribution in [2.24, 2.45) is 7.05 Å². The summed E-state index contributed by atoms with van der Waals surface area (Å²) in [6.45, 7) is 2.08. The lowest BCUT2D eigenvalue weighted by atomic mass is 10.2. The van der Waals surface area contributed by atoms with Crippen LogP contribution in [-0.2, 0) is 13.5 Å². The number of hydrogen-bond donors (Lipinski definition) is 0. The average molecular weight is 245 g/mol. The number of allylic oxidation sites excluding steroid dienone is 2. The fourth-order valence-corrected chi connectivity index (χ4v) is 1.25. The minimum absolute atomic E-state index is 0.783. The van der Waals surface area contributed by atoms with E-state index in [1.807, 2.05) is 0 Å². The predicted octanol–water partition coefficient (Wildman–Crippen LogP) is 1.48. The van der Waals surface area contributed by atoms with E-state index in [0.29, 0.717) is 0 Å². The maximum atomic E-state index is 4.10. The number of rotatable bonds is 4. The van der Waals surface area contributed by atoms with Gasteiger partial charge in [-0.15, -0.1) is 10.2 Å². The van der Waals surface area contributed by atoms with Crippen LogP contribution < -0.4 is 0 Å². The predicted molar refractivity (Wildman–Crippen MR) is 54.7 cm³/mol. The standard InChI is InChI=1S/C8H13BrN4/c1-7(4-3-5-9)6-8-10-12-13(2)11-8/h4H,3,5-6H2,1-2H3. The van der Waals surface area contributed by atoms with E-state index >= 15 is 0 Å². The summed E-state index contributed by atoms with van der Waals surface area (Å²) in [5, 5.41) is 12.8. The maximum Gasteiger partial charge on any atom is 0.178 e. The summed E-state index contributed by atoms with van der Waals surface area (Å²) < 4.78 is 0. The van der Waals surface area contributed by atoms with E-state index in [0.717, 1.165) is 24.0 Å². The molecule has 1 rings (SSSR count). The Balaban J connectivity index is 2.49. The molecule has 0 aliphatic heterocycles. The molecule has 1 aromatic rings. The first kappa shape index (κ1) is 10.4. The Morgan fingerprint density at radius 2 is 2.38 bits per heavy atom. The van der Waals surface area contributed by atoms with Gasteiger partial charge >= 0.3 is 0 Å². The zero-order valence-electron chi connectivity index (χ0n) is 7.87. The lowest BCUT2D eigenvalue weighted by molar-refractivity contribution is 0.628. The summed E-state index contributed by atoms with van der Waals surface area (Å²) in [5.74, 6) is 0.783. The lowest BCUT2D eigenvalue weighted by Crippen LogP contribution is -1.94. The largest absolute Gasteiger partial charge is 0.178 e. The van der Waals surface area contributed by atoms with Crippen molar-refractivity contribution in [3.05, 3.63) is 17.5 Å². The number of alkyl halides is 1. The molecule has 0 N–H and O–H groups in total. The fraction of sp³-hybridized carbons (Fsp3) is 0.625. The van der Waals surface area contributed by atoms with Crippen molar-refractivity contribution in [2.45, 2.75) is 19.8 Å². The van der Waals surface area contributed by atoms with Crippen molar-refractivity contribution >= 4 is 15.9 Å². The van der Waals surface area contributed by atoms with Gasteiger partial charge in [-0.1, -0.05) is 27.6 Å². The first-order valence-electron chi connectivity index (χ1n) is 4.17. The molecule has 0 saturated heterocycles. The van der Waals surface area contributed by atoms with Crippen LogP contribution in [0.4, 0.5) is 0 Å². The van der Waals surface area contributed by atoms with Crippen molar-refractivity contribution in [1.82, 2.24) is 20.2 Å². The molecule has 0 bridgehead atoms. The minimum atomic E-state index is 0.783. The van der Waals surface area contributed by atoms with Gasteiger partial charge in [-0.3, -0.25) is 0 Å². The van der Waals surface area contributed by atoms with Crippen LogP contribution in [0.3, 0.4) is 0 Å². The Kier molecular flexibility index (Phi) is 4.08. The molecule has 0 radical (unpaired) electrons. The van der Waals surface area contributed by atoms with Gasteiger partial charge in [-0.25, -0.2) is 0 Å². The molecule has 1 heterocycles. The molecule has 0 atom stereocenters. The molecule has 0 unspecified atom stereocenters. The highest BCUT2D eigenvalue weighted by Crippen LogP contribution is 2.03. The Labute approximate surface area is 86.1 Å². The van der Waals surface area contributed by atoms with Crippen LogP contribution in [0, 0.1) is 0 Å². The number of halogens is 1. The molecule has 1 aromatic heterocycles. The zero-order valence-corrected chi connectivity index (χ0v) is 9.45. The number of hydrogen-bond acceptors (Lipinski definition) is 3. The van der Waals surface area contributed by atoms with Crippen molar-refractivity contribution in [1.29, 1.82) is 0 Å². The van der Waals surface area contributed by atoms with Crippen LogP contribution in [0.15, 0.2) is 11.6 Å². The molecular formula is C8H13BrN4. The highest BCUT2D eigenvalue weighted by atomic mass is 79.9. The maximum absolute atomic E-state index is 4.10. The first-order chi connectivity index (χ1) is 6.22. The van der Waals surface area contributed by atoms with Gasteiger partial charge in [0.25, 0.3) is 0 Å². The van der Waals surface area contributed by atoms with Crippen molar-refractivity contribution in [2.75, 3.05) is 5.33 Å². The molecule has 0 spiro atoms. The smallest absolute Gasteiger partial charge is 0.167 e. The van der Waals surface area contributed by atoms with E-state index in [2.05, 4.69) is 44.3 Å². The SMILES string of the molecule is CC(=CCCBr)Cc1nnn(C)n1. The molecule has 0 fully saturated rings. The van der Waals surface area contributed by atoms with Crippen LogP contribution in [0.2, 0.25) is 0 Å². The molecule has 0 aliphatic rings. The Morgan fingerprint density at radius 1 is 1.62 bits per heavy atom. The summed E-state index contributed by atoms with van der Waals surface area (Å²) >= 11 is 3.38. The van der Waals surface area contributed by atoms with Crippen molar-refractivity contribution in [3.63, 3.8) is 0 Å². The topological polar surface area (TPSA) is 43.6 Å². The van der Waals surface area contributed by atoms with Crippen LogP contribution in [0.5, 0.6) is 0 Å². The average Bonchev–Trinajstić information content (AvgIpc) is 2.48. The third kappa shape index (κ3) is 3.67. The molecule has 5 heteroatoms. The van der Waals surface area contributed by atoms with E-state index < -0.39 is 0 Å². The van der Waals surface area contributed by atoms with Gasteiger partial charge < -0.3 is 0 Å². The molecule has 72 valence electrons. The second-order valence-electron chi connectivity index (χ2n) is 2.90. The third-order valence-corrected chi connectivity index (χ3v) is 2.05. The molecule has 0 aliphatic carbocycles. The van der Waals surface area contributed by atoms with E-state index in [9.17, 15) is 0 Å². The highest BCUT2D eigenvalue weighted by molar-refractivity contribution is 9.09. The van der Waals surface area contributed by atoms with Gasteiger partial charge in [-0.2, -0.15) is 4.80 Å². The normalized spacial score (nSPS) is 12.1. The summed E-state index contributed by atoms with van der Waals surface area (Å²) in [5.41, 5.74) is 1.28. The number of nitrogens with zero attached hydrogens (tertiary/aromatic N) is 4. The van der Waals surface area contributed by atoms with Crippen LogP contribution in [0.1, 0.15) is 19.2 Å². The third-order valence-electron chi connectivity index (χ3n) is 1.59. The summed E-state index contributed by atoms with van der Waals surface area (Å²) in [6.07, 6.45) is 4.03. The van der Waals surface area contributed by atoms with Gasteiger partial charge in [0, 0.05) is 11.8 Å². The lowest BCUT2D eigenvalue weighted by Gasteiger charge is -1.94. The monoisotopic (exact) mass is 244 g/mol. The van der Waals surface area contributed by atoms with Crippen LogP contribution in [0.25, 0.3) is 0 Å². The second-order valence-corrected chi connectivity index (χ2v) is 3.69. The van der Waals surface area contributed by atoms with Crippen LogP contribution in [-0.4, -0.2) is 25.5 Å². The molecule has 4 nitrogen and oxygen atoms in total. The van der Waals surface area contributed by atoms with Gasteiger partial charge in [0.05, 0.1) is 7.05 Å². The molecule has 13 heavy (non-hydrogen) atoms. The van der Waals surface area contributed by atoms with Gasteiger partial charge in [-0.05, 0) is 18.6 Å². The Bertz CT molecular complexity index is 292. The molecule has 0 amide bonds. The van der Waals surface area contributed by atoms with Crippen LogP contribution >= 0.6 is 15.9 Å². The number of tetrazole rings is 1. The second kappa shape index (κ2) is 5.11. The number of aryl methyl sites for hydroxylation is 1. The highest BCUT2D eigenvalue weighted by Gasteiger charge is 2.00. The van der Waals surface area contributed by atoms with Gasteiger partial charge in [0.2, 0.25) is 0 Å². The molecule has 0 aromatic carbocycles. The summed E-state index contributed by atoms with van der Waals surface area (Å²) in [4.78, 5) is 1.48. The Hall–Kier alpha value is -0.710. The van der Waals surface area contributed by atoms with E-state index in [4.69, 9.17) is 0 Å². The molecule has 0 saturated carbocycles. The zero-order chi connectivity index (χ0) is 9.68.